The van der Waals surface area contributed by atoms with Crippen molar-refractivity contribution in [3.05, 3.63) is 11.6 Å². The first-order valence-corrected chi connectivity index (χ1v) is 11.6. The minimum atomic E-state index is -2.42. The molecule has 0 spiro atoms. The number of rotatable bonds is 6. The van der Waals surface area contributed by atoms with Gasteiger partial charge in [0.05, 0.1) is 12.2 Å². The van der Waals surface area contributed by atoms with Crippen LogP contribution in [0.2, 0.25) is 11.1 Å². The molecule has 0 aromatic heterocycles. The molecule has 5 heteroatoms. The average Bonchev–Trinajstić information content (AvgIpc) is 2.45. The van der Waals surface area contributed by atoms with E-state index in [4.69, 9.17) is 8.85 Å². The van der Waals surface area contributed by atoms with Crippen molar-refractivity contribution >= 4 is 14.3 Å². The van der Waals surface area contributed by atoms with E-state index in [0.29, 0.717) is 24.1 Å². The standard InChI is InChI=1S/C20H38O4Si/c1-14(2)25(15(3)4)23-11-9-10-16(5)18(24-25)12-17(21)13-19(22)20(6,7)8/h10,14-15,18-19,22H,9,11-13H2,1-8H3/b16-10-/t18-,19+/m1/s1. The number of hydrogen-bond donors (Lipinski definition) is 1. The molecule has 1 aliphatic rings. The molecule has 1 N–H and O–H groups in total. The molecule has 0 aromatic rings. The van der Waals surface area contributed by atoms with Gasteiger partial charge in [0.25, 0.3) is 0 Å². The van der Waals surface area contributed by atoms with Crippen LogP contribution in [0.3, 0.4) is 0 Å². The zero-order valence-corrected chi connectivity index (χ0v) is 18.4. The number of carbonyl (C=O) groups excluding carboxylic acids is 1. The summed E-state index contributed by atoms with van der Waals surface area (Å²) in [6.07, 6.45) is 2.60. The molecule has 0 saturated heterocycles. The van der Waals surface area contributed by atoms with Crippen molar-refractivity contribution in [2.24, 2.45) is 5.41 Å². The molecule has 2 atom stereocenters. The molecule has 1 aliphatic heterocycles. The zero-order chi connectivity index (χ0) is 19.4. The average molecular weight is 371 g/mol. The van der Waals surface area contributed by atoms with Crippen LogP contribution in [0.5, 0.6) is 0 Å². The van der Waals surface area contributed by atoms with Gasteiger partial charge in [0.15, 0.2) is 0 Å². The normalized spacial score (nSPS) is 25.2. The Kier molecular flexibility index (Phi) is 8.06. The second kappa shape index (κ2) is 8.93. The van der Waals surface area contributed by atoms with Crippen molar-refractivity contribution in [2.75, 3.05) is 6.61 Å². The second-order valence-electron chi connectivity index (χ2n) is 9.05. The van der Waals surface area contributed by atoms with Crippen LogP contribution in [0.4, 0.5) is 0 Å². The van der Waals surface area contributed by atoms with Crippen LogP contribution in [-0.2, 0) is 13.6 Å². The van der Waals surface area contributed by atoms with Crippen LogP contribution >= 0.6 is 0 Å². The van der Waals surface area contributed by atoms with E-state index in [1.54, 1.807) is 0 Å². The summed E-state index contributed by atoms with van der Waals surface area (Å²) in [4.78, 5) is 12.6. The molecule has 146 valence electrons. The van der Waals surface area contributed by atoms with E-state index in [0.717, 1.165) is 12.0 Å². The highest BCUT2D eigenvalue weighted by Crippen LogP contribution is 2.38. The third-order valence-electron chi connectivity index (χ3n) is 5.19. The fourth-order valence-corrected chi connectivity index (χ4v) is 7.04. The fourth-order valence-electron chi connectivity index (χ4n) is 3.27. The molecule has 0 bridgehead atoms. The predicted molar refractivity (Wildman–Crippen MR) is 105 cm³/mol. The van der Waals surface area contributed by atoms with Gasteiger partial charge in [-0.2, -0.15) is 0 Å². The van der Waals surface area contributed by atoms with Crippen LogP contribution in [0.25, 0.3) is 0 Å². The van der Waals surface area contributed by atoms with Crippen molar-refractivity contribution in [2.45, 2.75) is 97.9 Å². The van der Waals surface area contributed by atoms with E-state index in [9.17, 15) is 9.90 Å². The highest BCUT2D eigenvalue weighted by Gasteiger charge is 2.47. The van der Waals surface area contributed by atoms with Crippen molar-refractivity contribution in [1.29, 1.82) is 0 Å². The van der Waals surface area contributed by atoms with E-state index in [1.807, 2.05) is 27.7 Å². The molecule has 0 aromatic carbocycles. The topological polar surface area (TPSA) is 55.8 Å². The zero-order valence-electron chi connectivity index (χ0n) is 17.4. The molecular weight excluding hydrogens is 332 g/mol. The van der Waals surface area contributed by atoms with E-state index in [1.165, 1.54) is 0 Å². The van der Waals surface area contributed by atoms with E-state index in [2.05, 4.69) is 33.8 Å². The minimum Gasteiger partial charge on any atom is -0.394 e. The first kappa shape index (κ1) is 22.5. The molecule has 1 heterocycles. The van der Waals surface area contributed by atoms with Gasteiger partial charge in [0.1, 0.15) is 5.78 Å². The lowest BCUT2D eigenvalue weighted by molar-refractivity contribution is -0.124. The molecule has 0 radical (unpaired) electrons. The number of carbonyl (C=O) groups is 1. The Labute approximate surface area is 155 Å². The first-order valence-electron chi connectivity index (χ1n) is 9.58. The summed E-state index contributed by atoms with van der Waals surface area (Å²) in [6, 6.07) is 0. The first-order chi connectivity index (χ1) is 11.4. The summed E-state index contributed by atoms with van der Waals surface area (Å²) in [5.74, 6) is 0.0520. The third-order valence-corrected chi connectivity index (χ3v) is 9.72. The van der Waals surface area contributed by atoms with Gasteiger partial charge < -0.3 is 14.0 Å². The van der Waals surface area contributed by atoms with Gasteiger partial charge in [0.2, 0.25) is 0 Å². The summed E-state index contributed by atoms with van der Waals surface area (Å²) in [5.41, 5.74) is 1.45. The molecule has 0 aliphatic carbocycles. The lowest BCUT2D eigenvalue weighted by Crippen LogP contribution is -2.52. The molecule has 0 fully saturated rings. The quantitative estimate of drug-likeness (QED) is 0.541. The van der Waals surface area contributed by atoms with Crippen LogP contribution in [0.15, 0.2) is 11.6 Å². The molecular formula is C20H38O4Si. The van der Waals surface area contributed by atoms with E-state index in [-0.39, 0.29) is 23.7 Å². The van der Waals surface area contributed by atoms with Gasteiger partial charge in [-0.25, -0.2) is 0 Å². The third kappa shape index (κ3) is 6.02. The number of ketones is 1. The summed E-state index contributed by atoms with van der Waals surface area (Å²) in [6.45, 7) is 17.2. The van der Waals surface area contributed by atoms with Crippen LogP contribution in [0, 0.1) is 5.41 Å². The van der Waals surface area contributed by atoms with Gasteiger partial charge in [-0.1, -0.05) is 54.5 Å². The van der Waals surface area contributed by atoms with Crippen LogP contribution in [-0.4, -0.2) is 38.3 Å². The molecule has 0 unspecified atom stereocenters. The van der Waals surface area contributed by atoms with Crippen molar-refractivity contribution in [3.63, 3.8) is 0 Å². The highest BCUT2D eigenvalue weighted by molar-refractivity contribution is 6.70. The minimum absolute atomic E-state index is 0.0520. The molecule has 0 amide bonds. The summed E-state index contributed by atoms with van der Waals surface area (Å²) >= 11 is 0. The Hall–Kier alpha value is -0.493. The maximum absolute atomic E-state index is 12.6. The molecule has 0 saturated carbocycles. The van der Waals surface area contributed by atoms with Gasteiger partial charge in [0, 0.05) is 19.4 Å². The van der Waals surface area contributed by atoms with Crippen LogP contribution < -0.4 is 0 Å². The van der Waals surface area contributed by atoms with Gasteiger partial charge in [-0.3, -0.25) is 4.79 Å². The Bertz CT molecular complexity index is 469. The number of hydrogen-bond acceptors (Lipinski definition) is 4. The fraction of sp³-hybridized carbons (Fsp3) is 0.850. The Morgan fingerprint density at radius 1 is 1.28 bits per heavy atom. The lowest BCUT2D eigenvalue weighted by atomic mass is 9.85. The second-order valence-corrected chi connectivity index (χ2v) is 13.3. The molecule has 1 rings (SSSR count). The van der Waals surface area contributed by atoms with Crippen molar-refractivity contribution in [3.8, 4) is 0 Å². The van der Waals surface area contributed by atoms with Crippen molar-refractivity contribution in [1.82, 2.24) is 0 Å². The van der Waals surface area contributed by atoms with Gasteiger partial charge in [-0.15, -0.1) is 0 Å². The number of aliphatic hydroxyl groups is 1. The Balaban J connectivity index is 2.96. The van der Waals surface area contributed by atoms with E-state index < -0.39 is 14.7 Å². The van der Waals surface area contributed by atoms with Crippen LogP contribution in [0.1, 0.15) is 74.7 Å². The largest absolute Gasteiger partial charge is 0.394 e. The Morgan fingerprint density at radius 3 is 2.32 bits per heavy atom. The van der Waals surface area contributed by atoms with Gasteiger partial charge >= 0.3 is 8.56 Å². The molecule has 4 nitrogen and oxygen atoms in total. The molecule has 25 heavy (non-hydrogen) atoms. The smallest absolute Gasteiger partial charge is 0.343 e. The Morgan fingerprint density at radius 2 is 1.84 bits per heavy atom. The highest BCUT2D eigenvalue weighted by atomic mass is 28.4. The number of aliphatic hydroxyl groups excluding tert-OH is 1. The maximum atomic E-state index is 12.6. The van der Waals surface area contributed by atoms with Gasteiger partial charge in [-0.05, 0) is 35.4 Å². The maximum Gasteiger partial charge on any atom is 0.343 e. The van der Waals surface area contributed by atoms with E-state index >= 15 is 0 Å². The SMILES string of the molecule is C/C1=C/CCO[Si](C(C)C)(C(C)C)O[C@@H]1CC(=O)C[C@H](O)C(C)(C)C. The number of Topliss-reactive ketones (excluding diaryl/α,β-unsaturated/α-hetero) is 1. The summed E-state index contributed by atoms with van der Waals surface area (Å²) in [7, 11) is -2.42. The van der Waals surface area contributed by atoms with Crippen molar-refractivity contribution < 1.29 is 18.8 Å². The summed E-state index contributed by atoms with van der Waals surface area (Å²) < 4.78 is 12.9. The summed E-state index contributed by atoms with van der Waals surface area (Å²) in [5, 5.41) is 10.2. The lowest BCUT2D eigenvalue weighted by Gasteiger charge is -2.41. The monoisotopic (exact) mass is 370 g/mol. The predicted octanol–water partition coefficient (Wildman–Crippen LogP) is 4.76.